The number of carboxylic acids is 1. The standard InChI is InChI=1S/C11H18N2O4/c1-10(2,3)17-9(16)13-4-6-7(5-13)11(6,12)8(14)15/h6-7H,4-5,12H2,1-3H3,(H,14,15). The lowest BCUT2D eigenvalue weighted by atomic mass is 10.1. The Hall–Kier alpha value is -1.30. The maximum Gasteiger partial charge on any atom is 0.410 e. The van der Waals surface area contributed by atoms with Gasteiger partial charge in [0, 0.05) is 24.9 Å². The van der Waals surface area contributed by atoms with Gasteiger partial charge in [-0.1, -0.05) is 0 Å². The zero-order chi connectivity index (χ0) is 13.0. The summed E-state index contributed by atoms with van der Waals surface area (Å²) in [5.41, 5.74) is 4.09. The quantitative estimate of drug-likeness (QED) is 0.688. The van der Waals surface area contributed by atoms with Gasteiger partial charge in [-0.3, -0.25) is 4.79 Å². The van der Waals surface area contributed by atoms with E-state index in [4.69, 9.17) is 15.6 Å². The van der Waals surface area contributed by atoms with Gasteiger partial charge < -0.3 is 20.5 Å². The van der Waals surface area contributed by atoms with Crippen molar-refractivity contribution in [3.8, 4) is 0 Å². The fourth-order valence-corrected chi connectivity index (χ4v) is 2.46. The Morgan fingerprint density at radius 2 is 1.82 bits per heavy atom. The van der Waals surface area contributed by atoms with E-state index in [-0.39, 0.29) is 11.8 Å². The predicted octanol–water partition coefficient (Wildman–Crippen LogP) is 0.265. The van der Waals surface area contributed by atoms with Gasteiger partial charge in [0.1, 0.15) is 11.1 Å². The summed E-state index contributed by atoms with van der Waals surface area (Å²) >= 11 is 0. The van der Waals surface area contributed by atoms with E-state index in [1.807, 2.05) is 0 Å². The molecule has 96 valence electrons. The molecule has 2 fully saturated rings. The highest BCUT2D eigenvalue weighted by atomic mass is 16.6. The van der Waals surface area contributed by atoms with Crippen molar-refractivity contribution < 1.29 is 19.4 Å². The summed E-state index contributed by atoms with van der Waals surface area (Å²) in [5.74, 6) is -1.24. The van der Waals surface area contributed by atoms with Crippen LogP contribution in [0.15, 0.2) is 0 Å². The minimum absolute atomic E-state index is 0.132. The number of aliphatic carboxylic acids is 1. The number of carbonyl (C=O) groups excluding carboxylic acids is 1. The topological polar surface area (TPSA) is 92.9 Å². The van der Waals surface area contributed by atoms with Crippen LogP contribution in [0.25, 0.3) is 0 Å². The van der Waals surface area contributed by atoms with Crippen molar-refractivity contribution in [2.75, 3.05) is 13.1 Å². The largest absolute Gasteiger partial charge is 0.480 e. The van der Waals surface area contributed by atoms with Gasteiger partial charge in [-0.05, 0) is 20.8 Å². The Balaban J connectivity index is 1.92. The number of hydrogen-bond donors (Lipinski definition) is 2. The molecule has 0 aromatic rings. The van der Waals surface area contributed by atoms with Gasteiger partial charge in [0.25, 0.3) is 0 Å². The molecule has 0 aromatic heterocycles. The highest BCUT2D eigenvalue weighted by Crippen LogP contribution is 2.53. The first-order valence-corrected chi connectivity index (χ1v) is 5.66. The van der Waals surface area contributed by atoms with Gasteiger partial charge in [-0.2, -0.15) is 0 Å². The first kappa shape index (κ1) is 12.2. The first-order chi connectivity index (χ1) is 7.66. The number of amides is 1. The van der Waals surface area contributed by atoms with Gasteiger partial charge in [0.15, 0.2) is 0 Å². The summed E-state index contributed by atoms with van der Waals surface area (Å²) in [5, 5.41) is 8.97. The van der Waals surface area contributed by atoms with Gasteiger partial charge in [0.05, 0.1) is 0 Å². The normalized spacial score (nSPS) is 35.4. The zero-order valence-corrected chi connectivity index (χ0v) is 10.3. The summed E-state index contributed by atoms with van der Waals surface area (Å²) < 4.78 is 5.22. The van der Waals surface area contributed by atoms with Crippen molar-refractivity contribution in [3.05, 3.63) is 0 Å². The number of rotatable bonds is 1. The SMILES string of the molecule is CC(C)(C)OC(=O)N1CC2C(C1)C2(N)C(=O)O. The summed E-state index contributed by atoms with van der Waals surface area (Å²) in [7, 11) is 0. The van der Waals surface area contributed by atoms with Crippen LogP contribution in [0.5, 0.6) is 0 Å². The lowest BCUT2D eigenvalue weighted by Crippen LogP contribution is -2.46. The number of hydrogen-bond acceptors (Lipinski definition) is 4. The van der Waals surface area contributed by atoms with Crippen molar-refractivity contribution in [1.29, 1.82) is 0 Å². The fourth-order valence-electron chi connectivity index (χ4n) is 2.46. The van der Waals surface area contributed by atoms with Crippen LogP contribution in [-0.4, -0.2) is 46.3 Å². The molecule has 0 spiro atoms. The van der Waals surface area contributed by atoms with Crippen molar-refractivity contribution in [2.24, 2.45) is 17.6 Å². The van der Waals surface area contributed by atoms with Crippen LogP contribution in [0.3, 0.4) is 0 Å². The summed E-state index contributed by atoms with van der Waals surface area (Å²) in [6.45, 7) is 6.15. The maximum atomic E-state index is 11.7. The second kappa shape index (κ2) is 3.35. The third-order valence-corrected chi connectivity index (χ3v) is 3.46. The molecule has 0 radical (unpaired) electrons. The Morgan fingerprint density at radius 3 is 2.18 bits per heavy atom. The summed E-state index contributed by atoms with van der Waals surface area (Å²) in [6.07, 6.45) is -0.391. The second-order valence-electron chi connectivity index (χ2n) is 5.84. The van der Waals surface area contributed by atoms with Gasteiger partial charge in [-0.15, -0.1) is 0 Å². The lowest BCUT2D eigenvalue weighted by Gasteiger charge is -2.26. The lowest BCUT2D eigenvalue weighted by molar-refractivity contribution is -0.140. The number of carboxylic acid groups (broad SMARTS) is 1. The van der Waals surface area contributed by atoms with Crippen LogP contribution < -0.4 is 5.73 Å². The molecule has 0 bridgehead atoms. The van der Waals surface area contributed by atoms with Crippen molar-refractivity contribution in [3.63, 3.8) is 0 Å². The molecule has 1 heterocycles. The molecular weight excluding hydrogens is 224 g/mol. The van der Waals surface area contributed by atoms with Crippen molar-refractivity contribution >= 4 is 12.1 Å². The highest BCUT2D eigenvalue weighted by Gasteiger charge is 2.71. The number of fused-ring (bicyclic) bond motifs is 1. The van der Waals surface area contributed by atoms with Crippen LogP contribution >= 0.6 is 0 Å². The van der Waals surface area contributed by atoms with Gasteiger partial charge in [-0.25, -0.2) is 4.79 Å². The third-order valence-electron chi connectivity index (χ3n) is 3.46. The molecule has 1 saturated heterocycles. The van der Waals surface area contributed by atoms with E-state index in [9.17, 15) is 9.59 Å². The molecule has 0 aromatic carbocycles. The smallest absolute Gasteiger partial charge is 0.410 e. The molecule has 2 atom stereocenters. The molecule has 6 heteroatoms. The molecule has 1 saturated carbocycles. The summed E-state index contributed by atoms with van der Waals surface area (Å²) in [6, 6.07) is 0. The van der Waals surface area contributed by atoms with Gasteiger partial charge >= 0.3 is 12.1 Å². The van der Waals surface area contributed by atoms with Crippen LogP contribution in [0, 0.1) is 11.8 Å². The number of ether oxygens (including phenoxy) is 1. The highest BCUT2D eigenvalue weighted by molar-refractivity contribution is 5.85. The van der Waals surface area contributed by atoms with Crippen molar-refractivity contribution in [2.45, 2.75) is 31.9 Å². The molecule has 6 nitrogen and oxygen atoms in total. The average molecular weight is 242 g/mol. The van der Waals surface area contributed by atoms with Crippen molar-refractivity contribution in [1.82, 2.24) is 4.90 Å². The molecule has 1 aliphatic heterocycles. The van der Waals surface area contributed by atoms with E-state index < -0.39 is 23.2 Å². The zero-order valence-electron chi connectivity index (χ0n) is 10.3. The Morgan fingerprint density at radius 1 is 1.35 bits per heavy atom. The Bertz CT molecular complexity index is 362. The summed E-state index contributed by atoms with van der Waals surface area (Å²) in [4.78, 5) is 24.2. The molecule has 3 N–H and O–H groups in total. The first-order valence-electron chi connectivity index (χ1n) is 5.66. The van der Waals surface area contributed by atoms with E-state index in [0.29, 0.717) is 13.1 Å². The molecular formula is C11H18N2O4. The molecule has 2 rings (SSSR count). The van der Waals surface area contributed by atoms with Crippen LogP contribution in [0.2, 0.25) is 0 Å². The molecule has 1 aliphatic carbocycles. The Labute approximate surface area is 99.7 Å². The Kier molecular flexibility index (Phi) is 2.40. The molecule has 1 amide bonds. The minimum atomic E-state index is -1.13. The molecule has 2 aliphatic rings. The maximum absolute atomic E-state index is 11.7. The van der Waals surface area contributed by atoms with E-state index >= 15 is 0 Å². The minimum Gasteiger partial charge on any atom is -0.480 e. The van der Waals surface area contributed by atoms with Crippen LogP contribution in [-0.2, 0) is 9.53 Å². The van der Waals surface area contributed by atoms with E-state index in [1.54, 1.807) is 20.8 Å². The van der Waals surface area contributed by atoms with Crippen LogP contribution in [0.1, 0.15) is 20.8 Å². The monoisotopic (exact) mass is 242 g/mol. The second-order valence-corrected chi connectivity index (χ2v) is 5.84. The third kappa shape index (κ3) is 1.86. The predicted molar refractivity (Wildman–Crippen MR) is 59.3 cm³/mol. The van der Waals surface area contributed by atoms with E-state index in [0.717, 1.165) is 0 Å². The number of nitrogens with zero attached hydrogens (tertiary/aromatic N) is 1. The number of nitrogens with two attached hydrogens (primary N) is 1. The van der Waals surface area contributed by atoms with Crippen LogP contribution in [0.4, 0.5) is 4.79 Å². The van der Waals surface area contributed by atoms with E-state index in [1.165, 1.54) is 4.90 Å². The van der Waals surface area contributed by atoms with E-state index in [2.05, 4.69) is 0 Å². The number of piperidine rings is 1. The number of likely N-dealkylation sites (tertiary alicyclic amines) is 1. The van der Waals surface area contributed by atoms with Gasteiger partial charge in [0.2, 0.25) is 0 Å². The molecule has 17 heavy (non-hydrogen) atoms. The average Bonchev–Trinajstić information content (AvgIpc) is 2.60. The fraction of sp³-hybridized carbons (Fsp3) is 0.818. The number of carbonyl (C=O) groups is 2. The molecule has 2 unspecified atom stereocenters.